The van der Waals surface area contributed by atoms with Gasteiger partial charge in [-0.3, -0.25) is 0 Å². The van der Waals surface area contributed by atoms with Gasteiger partial charge in [0.25, 0.3) is 0 Å². The zero-order valence-electron chi connectivity index (χ0n) is 10.6. The molecule has 1 aliphatic rings. The van der Waals surface area contributed by atoms with Crippen molar-refractivity contribution in [3.05, 3.63) is 35.0 Å². The summed E-state index contributed by atoms with van der Waals surface area (Å²) in [5, 5.41) is 4.90. The first-order valence-electron chi connectivity index (χ1n) is 6.58. The second-order valence-electron chi connectivity index (χ2n) is 5.10. The van der Waals surface area contributed by atoms with Crippen molar-refractivity contribution in [2.45, 2.75) is 38.6 Å². The quantitative estimate of drug-likeness (QED) is 0.719. The minimum atomic E-state index is 0.517. The van der Waals surface area contributed by atoms with Crippen LogP contribution in [0.3, 0.4) is 0 Å². The maximum atomic E-state index is 3.65. The SMILES string of the molecule is CNC1CCCCc2[nH]c3c(C)cccc3c21. The van der Waals surface area contributed by atoms with E-state index in [1.807, 2.05) is 0 Å². The number of aryl methyl sites for hydroxylation is 2. The summed E-state index contributed by atoms with van der Waals surface area (Å²) in [6.45, 7) is 2.19. The van der Waals surface area contributed by atoms with E-state index in [0.717, 1.165) is 0 Å². The van der Waals surface area contributed by atoms with E-state index in [-0.39, 0.29) is 0 Å². The highest BCUT2D eigenvalue weighted by Gasteiger charge is 2.22. The molecule has 0 fully saturated rings. The van der Waals surface area contributed by atoms with Crippen LogP contribution in [0.1, 0.15) is 42.1 Å². The molecule has 3 rings (SSSR count). The van der Waals surface area contributed by atoms with Crippen molar-refractivity contribution in [3.63, 3.8) is 0 Å². The number of aromatic nitrogens is 1. The molecule has 1 unspecified atom stereocenters. The third kappa shape index (κ3) is 1.67. The standard InChI is InChI=1S/C15H20N2/c1-10-6-5-7-11-14-12(16-2)8-3-4-9-13(14)17-15(10)11/h5-7,12,16-17H,3-4,8-9H2,1-2H3. The summed E-state index contributed by atoms with van der Waals surface area (Å²) in [5.41, 5.74) is 5.65. The van der Waals surface area contributed by atoms with Crippen LogP contribution in [0, 0.1) is 6.92 Å². The number of H-pyrrole nitrogens is 1. The van der Waals surface area contributed by atoms with E-state index < -0.39 is 0 Å². The molecule has 1 aromatic carbocycles. The van der Waals surface area contributed by atoms with Crippen LogP contribution in [0.25, 0.3) is 10.9 Å². The fraction of sp³-hybridized carbons (Fsp3) is 0.467. The summed E-state index contributed by atoms with van der Waals surface area (Å²) in [6.07, 6.45) is 5.07. The fourth-order valence-corrected chi connectivity index (χ4v) is 3.12. The summed E-state index contributed by atoms with van der Waals surface area (Å²) in [4.78, 5) is 3.65. The van der Waals surface area contributed by atoms with Crippen molar-refractivity contribution in [2.75, 3.05) is 7.05 Å². The molecule has 0 saturated carbocycles. The molecule has 1 aliphatic carbocycles. The van der Waals surface area contributed by atoms with Crippen LogP contribution in [-0.2, 0) is 6.42 Å². The molecule has 0 amide bonds. The Labute approximate surface area is 102 Å². The molecule has 2 aromatic rings. The van der Waals surface area contributed by atoms with Crippen LogP contribution >= 0.6 is 0 Å². The van der Waals surface area contributed by atoms with E-state index >= 15 is 0 Å². The average Bonchev–Trinajstić information content (AvgIpc) is 2.59. The second kappa shape index (κ2) is 4.19. The van der Waals surface area contributed by atoms with Gasteiger partial charge in [-0.05, 0) is 44.4 Å². The molecule has 90 valence electrons. The highest BCUT2D eigenvalue weighted by atomic mass is 14.9. The Balaban J connectivity index is 2.27. The molecular formula is C15H20N2. The molecule has 1 atom stereocenters. The molecule has 2 heteroatoms. The Morgan fingerprint density at radius 1 is 1.29 bits per heavy atom. The Morgan fingerprint density at radius 3 is 3.00 bits per heavy atom. The lowest BCUT2D eigenvalue weighted by molar-refractivity contribution is 0.536. The van der Waals surface area contributed by atoms with Gasteiger partial charge in [0.05, 0.1) is 0 Å². The van der Waals surface area contributed by atoms with Crippen molar-refractivity contribution in [2.24, 2.45) is 0 Å². The first-order valence-corrected chi connectivity index (χ1v) is 6.58. The van der Waals surface area contributed by atoms with Gasteiger partial charge in [0, 0.05) is 22.6 Å². The third-order valence-electron chi connectivity index (χ3n) is 4.03. The van der Waals surface area contributed by atoms with Crippen LogP contribution in [0.4, 0.5) is 0 Å². The van der Waals surface area contributed by atoms with Crippen molar-refractivity contribution in [3.8, 4) is 0 Å². The van der Waals surface area contributed by atoms with Gasteiger partial charge in [0.15, 0.2) is 0 Å². The molecule has 0 bridgehead atoms. The largest absolute Gasteiger partial charge is 0.358 e. The Morgan fingerprint density at radius 2 is 2.18 bits per heavy atom. The van der Waals surface area contributed by atoms with Gasteiger partial charge in [0.1, 0.15) is 0 Å². The lowest BCUT2D eigenvalue weighted by Crippen LogP contribution is -2.15. The number of para-hydroxylation sites is 1. The minimum Gasteiger partial charge on any atom is -0.358 e. The number of nitrogens with one attached hydrogen (secondary N) is 2. The van der Waals surface area contributed by atoms with Crippen molar-refractivity contribution in [1.29, 1.82) is 0 Å². The molecule has 1 heterocycles. The zero-order chi connectivity index (χ0) is 11.8. The predicted octanol–water partition coefficient (Wildman–Crippen LogP) is 3.46. The molecule has 2 nitrogen and oxygen atoms in total. The van der Waals surface area contributed by atoms with Crippen molar-refractivity contribution in [1.82, 2.24) is 10.3 Å². The lowest BCUT2D eigenvalue weighted by atomic mass is 10.00. The molecule has 0 radical (unpaired) electrons. The maximum absolute atomic E-state index is 3.65. The van der Waals surface area contributed by atoms with Crippen LogP contribution in [0.2, 0.25) is 0 Å². The normalized spacial score (nSPS) is 20.2. The molecule has 0 spiro atoms. The number of fused-ring (bicyclic) bond motifs is 3. The van der Waals surface area contributed by atoms with E-state index in [2.05, 4.69) is 42.5 Å². The first-order chi connectivity index (χ1) is 8.31. The van der Waals surface area contributed by atoms with Gasteiger partial charge in [-0.2, -0.15) is 0 Å². The molecule has 17 heavy (non-hydrogen) atoms. The van der Waals surface area contributed by atoms with Gasteiger partial charge in [-0.15, -0.1) is 0 Å². The zero-order valence-corrected chi connectivity index (χ0v) is 10.6. The number of rotatable bonds is 1. The van der Waals surface area contributed by atoms with E-state index in [1.165, 1.54) is 53.4 Å². The van der Waals surface area contributed by atoms with Crippen LogP contribution in [0.15, 0.2) is 18.2 Å². The van der Waals surface area contributed by atoms with Gasteiger partial charge < -0.3 is 10.3 Å². The summed E-state index contributed by atoms with van der Waals surface area (Å²) < 4.78 is 0. The molecule has 2 N–H and O–H groups in total. The van der Waals surface area contributed by atoms with E-state index in [9.17, 15) is 0 Å². The highest BCUT2D eigenvalue weighted by Crippen LogP contribution is 2.35. The smallest absolute Gasteiger partial charge is 0.0489 e. The highest BCUT2D eigenvalue weighted by molar-refractivity contribution is 5.87. The van der Waals surface area contributed by atoms with E-state index in [0.29, 0.717) is 6.04 Å². The number of benzene rings is 1. The van der Waals surface area contributed by atoms with Crippen LogP contribution < -0.4 is 5.32 Å². The molecular weight excluding hydrogens is 208 g/mol. The van der Waals surface area contributed by atoms with Gasteiger partial charge >= 0.3 is 0 Å². The number of hydrogen-bond acceptors (Lipinski definition) is 1. The Kier molecular flexibility index (Phi) is 2.67. The molecule has 0 saturated heterocycles. The van der Waals surface area contributed by atoms with Crippen LogP contribution in [0.5, 0.6) is 0 Å². The second-order valence-corrected chi connectivity index (χ2v) is 5.10. The van der Waals surface area contributed by atoms with Crippen molar-refractivity contribution < 1.29 is 0 Å². The summed E-state index contributed by atoms with van der Waals surface area (Å²) in [6, 6.07) is 7.13. The first kappa shape index (κ1) is 10.8. The topological polar surface area (TPSA) is 27.8 Å². The monoisotopic (exact) mass is 228 g/mol. The fourth-order valence-electron chi connectivity index (χ4n) is 3.12. The predicted molar refractivity (Wildman–Crippen MR) is 72.4 cm³/mol. The van der Waals surface area contributed by atoms with Crippen LogP contribution in [-0.4, -0.2) is 12.0 Å². The number of hydrogen-bond donors (Lipinski definition) is 2. The summed E-state index contributed by atoms with van der Waals surface area (Å²) >= 11 is 0. The maximum Gasteiger partial charge on any atom is 0.0489 e. The molecule has 0 aliphatic heterocycles. The molecule has 1 aromatic heterocycles. The average molecular weight is 228 g/mol. The minimum absolute atomic E-state index is 0.517. The van der Waals surface area contributed by atoms with Gasteiger partial charge in [-0.25, -0.2) is 0 Å². The van der Waals surface area contributed by atoms with E-state index in [1.54, 1.807) is 0 Å². The van der Waals surface area contributed by atoms with Gasteiger partial charge in [0.2, 0.25) is 0 Å². The third-order valence-corrected chi connectivity index (χ3v) is 4.03. The Hall–Kier alpha value is -1.28. The lowest BCUT2D eigenvalue weighted by Gasteiger charge is -2.14. The van der Waals surface area contributed by atoms with E-state index in [4.69, 9.17) is 0 Å². The Bertz CT molecular complexity index is 539. The summed E-state index contributed by atoms with van der Waals surface area (Å²) in [7, 11) is 2.08. The number of aromatic amines is 1. The summed E-state index contributed by atoms with van der Waals surface area (Å²) in [5.74, 6) is 0. The van der Waals surface area contributed by atoms with Gasteiger partial charge in [-0.1, -0.05) is 24.6 Å². The van der Waals surface area contributed by atoms with Crippen molar-refractivity contribution >= 4 is 10.9 Å².